The van der Waals surface area contributed by atoms with Crippen molar-refractivity contribution < 1.29 is 14.3 Å². The van der Waals surface area contributed by atoms with E-state index < -0.39 is 0 Å². The zero-order valence-electron chi connectivity index (χ0n) is 10.7. The number of likely N-dealkylation sites (N-methyl/N-ethyl adjacent to an activating group) is 1. The first-order chi connectivity index (χ1) is 9.24. The van der Waals surface area contributed by atoms with Gasteiger partial charge in [-0.3, -0.25) is 4.79 Å². The fourth-order valence-corrected chi connectivity index (χ4v) is 2.40. The van der Waals surface area contributed by atoms with E-state index in [9.17, 15) is 4.79 Å². The van der Waals surface area contributed by atoms with Crippen molar-refractivity contribution in [3.63, 3.8) is 0 Å². The average Bonchev–Trinajstić information content (AvgIpc) is 3.05. The van der Waals surface area contributed by atoms with Crippen LogP contribution in [0.25, 0.3) is 10.8 Å². The van der Waals surface area contributed by atoms with E-state index in [2.05, 4.69) is 4.98 Å². The number of carbonyl (C=O) groups is 1. The van der Waals surface area contributed by atoms with Crippen molar-refractivity contribution in [2.24, 2.45) is 0 Å². The zero-order valence-corrected chi connectivity index (χ0v) is 11.5. The summed E-state index contributed by atoms with van der Waals surface area (Å²) in [6, 6.07) is 3.85. The number of aromatic nitrogens is 1. The van der Waals surface area contributed by atoms with Gasteiger partial charge in [-0.2, -0.15) is 0 Å². The molecular weight excluding hydrogens is 264 g/mol. The van der Waals surface area contributed by atoms with E-state index in [-0.39, 0.29) is 18.9 Å². The van der Waals surface area contributed by atoms with Crippen LogP contribution in [0, 0.1) is 0 Å². The second-order valence-electron chi connectivity index (χ2n) is 4.00. The van der Waals surface area contributed by atoms with Crippen LogP contribution in [0.15, 0.2) is 28.2 Å². The smallest absolute Gasteiger partial charge is 0.236 e. The van der Waals surface area contributed by atoms with Crippen LogP contribution in [0.5, 0.6) is 0 Å². The van der Waals surface area contributed by atoms with E-state index in [1.54, 1.807) is 16.2 Å². The Morgan fingerprint density at radius 3 is 3.05 bits per heavy atom. The number of aliphatic hydroxyl groups excluding tert-OH is 1. The van der Waals surface area contributed by atoms with Gasteiger partial charge < -0.3 is 14.4 Å². The summed E-state index contributed by atoms with van der Waals surface area (Å²) in [6.45, 7) is 2.78. The van der Waals surface area contributed by atoms with Gasteiger partial charge in [0.2, 0.25) is 11.8 Å². The first-order valence-corrected chi connectivity index (χ1v) is 6.99. The van der Waals surface area contributed by atoms with Crippen LogP contribution < -0.4 is 0 Å². The standard InChI is InChI=1S/C13H16N2O3S/c1-2-15(5-6-16)12(17)8-10-9-18-13(14-10)11-4-3-7-19-11/h3-4,7,9,16H,2,5-6,8H2,1H3. The molecule has 1 N–H and O–H groups in total. The monoisotopic (exact) mass is 280 g/mol. The van der Waals surface area contributed by atoms with Crippen LogP contribution >= 0.6 is 11.3 Å². The number of carbonyl (C=O) groups excluding carboxylic acids is 1. The molecule has 102 valence electrons. The van der Waals surface area contributed by atoms with Gasteiger partial charge in [-0.25, -0.2) is 4.98 Å². The molecule has 0 aromatic carbocycles. The molecule has 2 rings (SSSR count). The van der Waals surface area contributed by atoms with Crippen LogP contribution in [0.3, 0.4) is 0 Å². The summed E-state index contributed by atoms with van der Waals surface area (Å²) in [5, 5.41) is 10.8. The van der Waals surface area contributed by atoms with Crippen molar-refractivity contribution in [3.05, 3.63) is 29.5 Å². The topological polar surface area (TPSA) is 66.6 Å². The van der Waals surface area contributed by atoms with Gasteiger partial charge in [0, 0.05) is 13.1 Å². The number of nitrogens with zero attached hydrogens (tertiary/aromatic N) is 2. The van der Waals surface area contributed by atoms with Crippen molar-refractivity contribution in [2.45, 2.75) is 13.3 Å². The molecule has 2 aromatic rings. The van der Waals surface area contributed by atoms with Crippen molar-refractivity contribution in [1.29, 1.82) is 0 Å². The zero-order chi connectivity index (χ0) is 13.7. The highest BCUT2D eigenvalue weighted by atomic mass is 32.1. The van der Waals surface area contributed by atoms with E-state index in [0.29, 0.717) is 24.7 Å². The van der Waals surface area contributed by atoms with Gasteiger partial charge in [0.1, 0.15) is 6.26 Å². The third kappa shape index (κ3) is 3.42. The van der Waals surface area contributed by atoms with Gasteiger partial charge in [-0.1, -0.05) is 6.07 Å². The van der Waals surface area contributed by atoms with Crippen molar-refractivity contribution in [3.8, 4) is 10.8 Å². The predicted octanol–water partition coefficient (Wildman–Crippen LogP) is 1.79. The fraction of sp³-hybridized carbons (Fsp3) is 0.385. The summed E-state index contributed by atoms with van der Waals surface area (Å²) < 4.78 is 5.36. The Kier molecular flexibility index (Phi) is 4.70. The number of hydrogen-bond acceptors (Lipinski definition) is 5. The molecule has 0 radical (unpaired) electrons. The minimum Gasteiger partial charge on any atom is -0.444 e. The minimum atomic E-state index is -0.0532. The molecule has 0 saturated heterocycles. The molecule has 2 heterocycles. The molecule has 0 atom stereocenters. The number of oxazole rings is 1. The summed E-state index contributed by atoms with van der Waals surface area (Å²) in [5.74, 6) is 0.491. The molecular formula is C13H16N2O3S. The molecule has 0 aliphatic carbocycles. The molecule has 0 bridgehead atoms. The molecule has 0 fully saturated rings. The maximum atomic E-state index is 12.0. The Morgan fingerprint density at radius 2 is 2.42 bits per heavy atom. The summed E-state index contributed by atoms with van der Waals surface area (Å²) in [5.41, 5.74) is 0.616. The summed E-state index contributed by atoms with van der Waals surface area (Å²) >= 11 is 1.54. The molecule has 0 unspecified atom stereocenters. The molecule has 6 heteroatoms. The lowest BCUT2D eigenvalue weighted by atomic mass is 10.3. The SMILES string of the molecule is CCN(CCO)C(=O)Cc1coc(-c2cccs2)n1. The van der Waals surface area contributed by atoms with Gasteiger partial charge in [-0.15, -0.1) is 11.3 Å². The highest BCUT2D eigenvalue weighted by Gasteiger charge is 2.15. The van der Waals surface area contributed by atoms with Gasteiger partial charge in [0.15, 0.2) is 0 Å². The Labute approximate surface area is 115 Å². The highest BCUT2D eigenvalue weighted by molar-refractivity contribution is 7.13. The summed E-state index contributed by atoms with van der Waals surface area (Å²) in [6.07, 6.45) is 1.71. The number of amides is 1. The summed E-state index contributed by atoms with van der Waals surface area (Å²) in [4.78, 5) is 18.8. The van der Waals surface area contributed by atoms with Crippen LogP contribution in [-0.2, 0) is 11.2 Å². The summed E-state index contributed by atoms with van der Waals surface area (Å²) in [7, 11) is 0. The number of thiophene rings is 1. The van der Waals surface area contributed by atoms with Crippen molar-refractivity contribution in [2.75, 3.05) is 19.7 Å². The van der Waals surface area contributed by atoms with Gasteiger partial charge >= 0.3 is 0 Å². The lowest BCUT2D eigenvalue weighted by Crippen LogP contribution is -2.34. The van der Waals surface area contributed by atoms with E-state index in [1.807, 2.05) is 24.4 Å². The number of hydrogen-bond donors (Lipinski definition) is 1. The molecule has 0 saturated carbocycles. The molecule has 1 amide bonds. The minimum absolute atomic E-state index is 0.0289. The first kappa shape index (κ1) is 13.8. The lowest BCUT2D eigenvalue weighted by Gasteiger charge is -2.18. The Morgan fingerprint density at radius 1 is 1.58 bits per heavy atom. The van der Waals surface area contributed by atoms with Crippen molar-refractivity contribution in [1.82, 2.24) is 9.88 Å². The van der Waals surface area contributed by atoms with Crippen molar-refractivity contribution >= 4 is 17.2 Å². The maximum Gasteiger partial charge on any atom is 0.236 e. The molecule has 0 spiro atoms. The van der Waals surface area contributed by atoms with Crippen LogP contribution in [0.2, 0.25) is 0 Å². The third-order valence-electron chi connectivity index (χ3n) is 2.72. The average molecular weight is 280 g/mol. The third-order valence-corrected chi connectivity index (χ3v) is 3.58. The highest BCUT2D eigenvalue weighted by Crippen LogP contribution is 2.23. The Hall–Kier alpha value is -1.66. The molecule has 0 aliphatic heterocycles. The number of rotatable bonds is 6. The van der Waals surface area contributed by atoms with Gasteiger partial charge in [0.05, 0.1) is 23.6 Å². The lowest BCUT2D eigenvalue weighted by molar-refractivity contribution is -0.130. The molecule has 19 heavy (non-hydrogen) atoms. The first-order valence-electron chi connectivity index (χ1n) is 6.11. The van der Waals surface area contributed by atoms with Crippen LogP contribution in [-0.4, -0.2) is 40.6 Å². The Bertz CT molecular complexity index is 522. The molecule has 2 aromatic heterocycles. The predicted molar refractivity (Wildman–Crippen MR) is 72.9 cm³/mol. The Balaban J connectivity index is 2.02. The van der Waals surface area contributed by atoms with Gasteiger partial charge in [0.25, 0.3) is 0 Å². The number of aliphatic hydroxyl groups is 1. The van der Waals surface area contributed by atoms with E-state index >= 15 is 0 Å². The molecule has 0 aliphatic rings. The molecule has 5 nitrogen and oxygen atoms in total. The van der Waals surface area contributed by atoms with Crippen LogP contribution in [0.1, 0.15) is 12.6 Å². The normalized spacial score (nSPS) is 10.6. The van der Waals surface area contributed by atoms with Crippen LogP contribution in [0.4, 0.5) is 0 Å². The quantitative estimate of drug-likeness (QED) is 0.876. The van der Waals surface area contributed by atoms with E-state index in [0.717, 1.165) is 4.88 Å². The second kappa shape index (κ2) is 6.49. The fourth-order valence-electron chi connectivity index (χ4n) is 1.75. The van der Waals surface area contributed by atoms with E-state index in [4.69, 9.17) is 9.52 Å². The largest absolute Gasteiger partial charge is 0.444 e. The van der Waals surface area contributed by atoms with E-state index in [1.165, 1.54) is 6.26 Å². The second-order valence-corrected chi connectivity index (χ2v) is 4.94. The maximum absolute atomic E-state index is 12.0. The van der Waals surface area contributed by atoms with Gasteiger partial charge in [-0.05, 0) is 18.4 Å².